The van der Waals surface area contributed by atoms with E-state index in [9.17, 15) is 4.79 Å². The van der Waals surface area contributed by atoms with E-state index < -0.39 is 0 Å². The number of rotatable bonds is 4. The maximum Gasteiger partial charge on any atom is 0.409 e. The summed E-state index contributed by atoms with van der Waals surface area (Å²) < 4.78 is 5.11. The molecule has 0 atom stereocenters. The van der Waals surface area contributed by atoms with E-state index in [4.69, 9.17) is 4.74 Å². The first kappa shape index (κ1) is 19.6. The number of aryl methyl sites for hydroxylation is 2. The third kappa shape index (κ3) is 4.05. The van der Waals surface area contributed by atoms with Gasteiger partial charge in [0.15, 0.2) is 0 Å². The number of nitrogens with zero attached hydrogens (tertiary/aromatic N) is 3. The standard InChI is InChI=1S/C22H26N4O2S/c1-4-28-22(27)26-9-7-16(8-10-26)25-20-19-18(12-29-21(19)24-13-23-20)17-6-5-14(2)11-15(17)3/h5-6,11-13,16H,4,7-10H2,1-3H3,(H,23,24,25). The van der Waals surface area contributed by atoms with Crippen LogP contribution in [0.4, 0.5) is 10.6 Å². The van der Waals surface area contributed by atoms with Gasteiger partial charge >= 0.3 is 6.09 Å². The van der Waals surface area contributed by atoms with Gasteiger partial charge in [0.25, 0.3) is 0 Å². The van der Waals surface area contributed by atoms with Gasteiger partial charge in [0.2, 0.25) is 0 Å². The van der Waals surface area contributed by atoms with Crippen molar-refractivity contribution in [2.45, 2.75) is 39.7 Å². The van der Waals surface area contributed by atoms with Crippen molar-refractivity contribution in [3.8, 4) is 11.1 Å². The number of amides is 1. The minimum atomic E-state index is -0.217. The van der Waals surface area contributed by atoms with Crippen LogP contribution >= 0.6 is 11.3 Å². The Bertz CT molecular complexity index is 1020. The van der Waals surface area contributed by atoms with Gasteiger partial charge in [-0.1, -0.05) is 23.8 Å². The lowest BCUT2D eigenvalue weighted by molar-refractivity contribution is 0.0983. The summed E-state index contributed by atoms with van der Waals surface area (Å²) in [5, 5.41) is 6.87. The summed E-state index contributed by atoms with van der Waals surface area (Å²) in [6, 6.07) is 6.81. The number of likely N-dealkylation sites (tertiary alicyclic amines) is 1. The summed E-state index contributed by atoms with van der Waals surface area (Å²) in [5.74, 6) is 0.876. The minimum Gasteiger partial charge on any atom is -0.450 e. The van der Waals surface area contributed by atoms with Crippen molar-refractivity contribution in [1.82, 2.24) is 14.9 Å². The van der Waals surface area contributed by atoms with Crippen LogP contribution in [0, 0.1) is 13.8 Å². The van der Waals surface area contributed by atoms with Gasteiger partial charge in [0.05, 0.1) is 12.0 Å². The molecule has 152 valence electrons. The van der Waals surface area contributed by atoms with Crippen LogP contribution in [0.25, 0.3) is 21.3 Å². The maximum absolute atomic E-state index is 11.9. The predicted octanol–water partition coefficient (Wildman–Crippen LogP) is 5.01. The van der Waals surface area contributed by atoms with Crippen LogP contribution < -0.4 is 5.32 Å². The largest absolute Gasteiger partial charge is 0.450 e. The highest BCUT2D eigenvalue weighted by molar-refractivity contribution is 7.17. The summed E-state index contributed by atoms with van der Waals surface area (Å²) in [7, 11) is 0. The number of anilines is 1. The number of aromatic nitrogens is 2. The molecule has 1 aromatic carbocycles. The van der Waals surface area contributed by atoms with E-state index in [0.717, 1.165) is 28.9 Å². The first-order valence-electron chi connectivity index (χ1n) is 10.0. The fourth-order valence-corrected chi connectivity index (χ4v) is 4.82. The molecule has 1 aliphatic rings. The molecule has 1 fully saturated rings. The normalized spacial score (nSPS) is 14.9. The number of benzene rings is 1. The number of fused-ring (bicyclic) bond motifs is 1. The summed E-state index contributed by atoms with van der Waals surface area (Å²) in [5.41, 5.74) is 4.90. The Morgan fingerprint density at radius 2 is 2.03 bits per heavy atom. The van der Waals surface area contributed by atoms with E-state index in [1.807, 2.05) is 6.92 Å². The smallest absolute Gasteiger partial charge is 0.409 e. The Labute approximate surface area is 174 Å². The Kier molecular flexibility index (Phi) is 5.67. The molecule has 0 spiro atoms. The van der Waals surface area contributed by atoms with Gasteiger partial charge in [0, 0.05) is 30.1 Å². The highest BCUT2D eigenvalue weighted by Gasteiger charge is 2.25. The molecule has 4 rings (SSSR count). The van der Waals surface area contributed by atoms with Gasteiger partial charge < -0.3 is 15.0 Å². The van der Waals surface area contributed by atoms with Gasteiger partial charge in [-0.15, -0.1) is 11.3 Å². The van der Waals surface area contributed by atoms with Crippen molar-refractivity contribution in [1.29, 1.82) is 0 Å². The molecule has 29 heavy (non-hydrogen) atoms. The number of carbonyl (C=O) groups excluding carboxylic acids is 1. The fraction of sp³-hybridized carbons (Fsp3) is 0.409. The van der Waals surface area contributed by atoms with Crippen molar-refractivity contribution in [2.75, 3.05) is 25.0 Å². The highest BCUT2D eigenvalue weighted by Crippen LogP contribution is 2.38. The third-order valence-electron chi connectivity index (χ3n) is 5.40. The molecule has 0 unspecified atom stereocenters. The van der Waals surface area contributed by atoms with Gasteiger partial charge in [0.1, 0.15) is 17.0 Å². The van der Waals surface area contributed by atoms with E-state index in [2.05, 4.69) is 52.7 Å². The summed E-state index contributed by atoms with van der Waals surface area (Å²) in [4.78, 5) is 23.7. The van der Waals surface area contributed by atoms with Crippen molar-refractivity contribution in [3.63, 3.8) is 0 Å². The monoisotopic (exact) mass is 410 g/mol. The van der Waals surface area contributed by atoms with Crippen molar-refractivity contribution < 1.29 is 9.53 Å². The van der Waals surface area contributed by atoms with Gasteiger partial charge in [-0.25, -0.2) is 14.8 Å². The van der Waals surface area contributed by atoms with Gasteiger partial charge in [-0.05, 0) is 44.7 Å². The molecule has 0 radical (unpaired) electrons. The molecular formula is C22H26N4O2S. The predicted molar refractivity (Wildman–Crippen MR) is 118 cm³/mol. The first-order chi connectivity index (χ1) is 14.1. The SMILES string of the molecule is CCOC(=O)N1CCC(Nc2ncnc3scc(-c4ccc(C)cc4C)c23)CC1. The van der Waals surface area contributed by atoms with Crippen LogP contribution in [0.3, 0.4) is 0 Å². The van der Waals surface area contributed by atoms with E-state index in [1.165, 1.54) is 22.3 Å². The molecule has 6 nitrogen and oxygen atoms in total. The Hall–Kier alpha value is -2.67. The van der Waals surface area contributed by atoms with E-state index in [1.54, 1.807) is 22.6 Å². The second-order valence-electron chi connectivity index (χ2n) is 7.47. The summed E-state index contributed by atoms with van der Waals surface area (Å²) in [6.07, 6.45) is 3.15. The van der Waals surface area contributed by atoms with Crippen LogP contribution in [0.5, 0.6) is 0 Å². The molecular weight excluding hydrogens is 384 g/mol. The molecule has 2 aromatic heterocycles. The van der Waals surface area contributed by atoms with Crippen LogP contribution in [0.2, 0.25) is 0 Å². The number of carbonyl (C=O) groups is 1. The first-order valence-corrected chi connectivity index (χ1v) is 10.9. The molecule has 7 heteroatoms. The van der Waals surface area contributed by atoms with Crippen molar-refractivity contribution in [2.24, 2.45) is 0 Å². The average molecular weight is 411 g/mol. The zero-order chi connectivity index (χ0) is 20.4. The van der Waals surface area contributed by atoms with Gasteiger partial charge in [-0.3, -0.25) is 0 Å². The van der Waals surface area contributed by atoms with Crippen LogP contribution in [-0.2, 0) is 4.74 Å². The molecule has 1 aliphatic heterocycles. The fourth-order valence-electron chi connectivity index (χ4n) is 3.91. The summed E-state index contributed by atoms with van der Waals surface area (Å²) in [6.45, 7) is 7.89. The third-order valence-corrected chi connectivity index (χ3v) is 6.29. The van der Waals surface area contributed by atoms with Gasteiger partial charge in [-0.2, -0.15) is 0 Å². The Balaban J connectivity index is 1.58. The maximum atomic E-state index is 11.9. The van der Waals surface area contributed by atoms with E-state index in [-0.39, 0.29) is 12.1 Å². The quantitative estimate of drug-likeness (QED) is 0.655. The molecule has 1 N–H and O–H groups in total. The van der Waals surface area contributed by atoms with Crippen LogP contribution in [0.15, 0.2) is 29.9 Å². The lowest BCUT2D eigenvalue weighted by atomic mass is 9.98. The lowest BCUT2D eigenvalue weighted by Gasteiger charge is -2.32. The number of hydrogen-bond acceptors (Lipinski definition) is 6. The summed E-state index contributed by atoms with van der Waals surface area (Å²) >= 11 is 1.65. The molecule has 0 bridgehead atoms. The average Bonchev–Trinajstić information content (AvgIpc) is 3.14. The van der Waals surface area contributed by atoms with Crippen molar-refractivity contribution in [3.05, 3.63) is 41.0 Å². The van der Waals surface area contributed by atoms with Crippen LogP contribution in [0.1, 0.15) is 30.9 Å². The molecule has 3 heterocycles. The second kappa shape index (κ2) is 8.37. The second-order valence-corrected chi connectivity index (χ2v) is 8.33. The molecule has 1 amide bonds. The number of piperidine rings is 1. The molecule has 0 aliphatic carbocycles. The lowest BCUT2D eigenvalue weighted by Crippen LogP contribution is -2.42. The molecule has 3 aromatic rings. The number of hydrogen-bond donors (Lipinski definition) is 1. The highest BCUT2D eigenvalue weighted by atomic mass is 32.1. The van der Waals surface area contributed by atoms with Crippen LogP contribution in [-0.4, -0.2) is 46.7 Å². The molecule has 1 saturated heterocycles. The number of thiophene rings is 1. The Morgan fingerprint density at radius 1 is 1.24 bits per heavy atom. The number of ether oxygens (including phenoxy) is 1. The Morgan fingerprint density at radius 3 is 2.76 bits per heavy atom. The van der Waals surface area contributed by atoms with Crippen molar-refractivity contribution >= 4 is 33.5 Å². The number of nitrogens with one attached hydrogen (secondary N) is 1. The molecule has 0 saturated carbocycles. The van der Waals surface area contributed by atoms with E-state index >= 15 is 0 Å². The minimum absolute atomic E-state index is 0.217. The van der Waals surface area contributed by atoms with E-state index in [0.29, 0.717) is 19.7 Å². The zero-order valence-electron chi connectivity index (χ0n) is 17.1. The topological polar surface area (TPSA) is 67.3 Å². The zero-order valence-corrected chi connectivity index (χ0v) is 17.9.